The van der Waals surface area contributed by atoms with Crippen molar-refractivity contribution in [3.8, 4) is 34.8 Å². The number of halogens is 3. The number of phenolic OH excluding ortho intramolecular Hbond substituents is 1. The Morgan fingerprint density at radius 2 is 1.80 bits per heavy atom. The Morgan fingerprint density at radius 1 is 1.08 bits per heavy atom. The summed E-state index contributed by atoms with van der Waals surface area (Å²) in [7, 11) is 3.32. The first-order chi connectivity index (χ1) is 24.3. The summed E-state index contributed by atoms with van der Waals surface area (Å²) < 4.78 is 63.5. The molecule has 4 aliphatic heterocycles. The van der Waals surface area contributed by atoms with E-state index in [1.807, 2.05) is 60.2 Å². The summed E-state index contributed by atoms with van der Waals surface area (Å²) in [6.45, 7) is 3.05. The van der Waals surface area contributed by atoms with Crippen molar-refractivity contribution in [1.29, 1.82) is 5.26 Å². The number of carbonyl (C=O) groups excluding carboxylic acids is 2. The first kappa shape index (κ1) is 34.4. The van der Waals surface area contributed by atoms with E-state index in [4.69, 9.17) is 18.9 Å². The van der Waals surface area contributed by atoms with Gasteiger partial charge < -0.3 is 29.4 Å². The molecule has 2 N–H and O–H groups in total. The van der Waals surface area contributed by atoms with Crippen LogP contribution in [0.3, 0.4) is 0 Å². The third kappa shape index (κ3) is 5.68. The van der Waals surface area contributed by atoms with Crippen molar-refractivity contribution in [2.24, 2.45) is 0 Å². The van der Waals surface area contributed by atoms with Crippen molar-refractivity contribution in [2.45, 2.75) is 75.9 Å². The zero-order valence-corrected chi connectivity index (χ0v) is 28.5. The standard InChI is InChI=1S/C37H37F3N4O7/c1-18-12-21-13-23-25(15-41)44-24(30(43(23)3)28(21)31(46)32(18)48-4)14-22-29(26(44)16-42-27(45)11-10-20-8-6-5-7-9-20)35-34(49-17-50-35)19(2)33(22)51-36(47)37(38,39)40/h5-9,12,23-26,30,46H,10-11,13-14,16-17H2,1-4H3,(H,42,45)/t23?,24?,25-,26-,30?/m0/s1. The first-order valence-corrected chi connectivity index (χ1v) is 16.7. The van der Waals surface area contributed by atoms with Crippen LogP contribution in [0.1, 0.15) is 57.4 Å². The summed E-state index contributed by atoms with van der Waals surface area (Å²) in [5.41, 5.74) is 3.92. The lowest BCUT2D eigenvalue weighted by Crippen LogP contribution is -2.68. The number of nitriles is 1. The van der Waals surface area contributed by atoms with Crippen LogP contribution >= 0.6 is 0 Å². The molecule has 0 aromatic heterocycles. The van der Waals surface area contributed by atoms with Gasteiger partial charge >= 0.3 is 12.1 Å². The quantitative estimate of drug-likeness (QED) is 0.263. The fraction of sp³-hybridized carbons (Fsp3) is 0.432. The van der Waals surface area contributed by atoms with Crippen LogP contribution in [-0.2, 0) is 28.9 Å². The summed E-state index contributed by atoms with van der Waals surface area (Å²) >= 11 is 0. The maximum absolute atomic E-state index is 13.7. The van der Waals surface area contributed by atoms with Gasteiger partial charge in [-0.3, -0.25) is 14.6 Å². The van der Waals surface area contributed by atoms with Gasteiger partial charge in [-0.1, -0.05) is 36.4 Å². The number of phenols is 1. The molecule has 2 bridgehead atoms. The molecular formula is C37H37F3N4O7. The molecule has 7 rings (SSSR count). The molecule has 0 aliphatic carbocycles. The second-order valence-corrected chi connectivity index (χ2v) is 13.4. The first-order valence-electron chi connectivity index (χ1n) is 16.7. The number of hydrogen-bond acceptors (Lipinski definition) is 10. The van der Waals surface area contributed by atoms with Gasteiger partial charge in [-0.2, -0.15) is 18.4 Å². The highest BCUT2D eigenvalue weighted by Crippen LogP contribution is 2.58. The van der Waals surface area contributed by atoms with Gasteiger partial charge in [0.15, 0.2) is 23.0 Å². The Balaban J connectivity index is 1.38. The van der Waals surface area contributed by atoms with Crippen molar-refractivity contribution in [3.05, 3.63) is 75.3 Å². The monoisotopic (exact) mass is 706 g/mol. The molecule has 3 aromatic rings. The average Bonchev–Trinajstić information content (AvgIpc) is 3.59. The van der Waals surface area contributed by atoms with Crippen LogP contribution in [0.2, 0.25) is 0 Å². The number of amides is 1. The molecule has 51 heavy (non-hydrogen) atoms. The molecule has 1 saturated heterocycles. The van der Waals surface area contributed by atoms with Crippen molar-refractivity contribution >= 4 is 11.9 Å². The zero-order valence-electron chi connectivity index (χ0n) is 28.5. The smallest absolute Gasteiger partial charge is 0.491 e. The van der Waals surface area contributed by atoms with E-state index in [0.717, 1.165) is 16.7 Å². The van der Waals surface area contributed by atoms with E-state index in [0.29, 0.717) is 29.7 Å². The molecular weight excluding hydrogens is 669 g/mol. The maximum Gasteiger partial charge on any atom is 0.491 e. The van der Waals surface area contributed by atoms with Gasteiger partial charge in [0.1, 0.15) is 11.8 Å². The highest BCUT2D eigenvalue weighted by atomic mass is 19.4. The number of benzene rings is 3. The molecule has 11 nitrogen and oxygen atoms in total. The summed E-state index contributed by atoms with van der Waals surface area (Å²) in [5, 5.41) is 25.5. The van der Waals surface area contributed by atoms with Gasteiger partial charge in [-0.05, 0) is 56.8 Å². The van der Waals surface area contributed by atoms with E-state index in [9.17, 15) is 33.1 Å². The molecule has 4 aliphatic rings. The Bertz CT molecular complexity index is 1950. The van der Waals surface area contributed by atoms with E-state index >= 15 is 0 Å². The van der Waals surface area contributed by atoms with Gasteiger partial charge in [0.25, 0.3) is 0 Å². The number of aryl methyl sites for hydroxylation is 2. The minimum Gasteiger partial charge on any atom is -0.504 e. The molecule has 0 saturated carbocycles. The van der Waals surface area contributed by atoms with Crippen LogP contribution in [0.25, 0.3) is 0 Å². The van der Waals surface area contributed by atoms with Crippen molar-refractivity contribution < 1.29 is 46.8 Å². The van der Waals surface area contributed by atoms with Crippen molar-refractivity contribution in [2.75, 3.05) is 27.5 Å². The zero-order chi connectivity index (χ0) is 36.4. The van der Waals surface area contributed by atoms with Crippen molar-refractivity contribution in [1.82, 2.24) is 15.1 Å². The number of esters is 1. The van der Waals surface area contributed by atoms with E-state index < -0.39 is 36.3 Å². The fourth-order valence-corrected chi connectivity index (χ4v) is 8.52. The number of nitrogens with zero attached hydrogens (tertiary/aromatic N) is 3. The number of methoxy groups -OCH3 is 1. The molecule has 1 fully saturated rings. The lowest BCUT2D eigenvalue weighted by Gasteiger charge is -2.60. The number of alkyl halides is 3. The van der Waals surface area contributed by atoms with Crippen molar-refractivity contribution in [3.63, 3.8) is 0 Å². The lowest BCUT2D eigenvalue weighted by molar-refractivity contribution is -0.189. The van der Waals surface area contributed by atoms with E-state index in [2.05, 4.69) is 11.4 Å². The SMILES string of the molecule is COc1c(C)cc2c(c1O)C1C3Cc4c(OC(=O)C(F)(F)F)c(C)c5c(c4[C@H](CNC(=O)CCc4ccccc4)N3[C@@H](C#N)C(C2)N1C)OCO5. The largest absolute Gasteiger partial charge is 0.504 e. The van der Waals surface area contributed by atoms with Crippen LogP contribution < -0.4 is 24.3 Å². The summed E-state index contributed by atoms with van der Waals surface area (Å²) in [4.78, 5) is 29.7. The highest BCUT2D eigenvalue weighted by molar-refractivity contribution is 5.80. The number of carbonyl (C=O) groups is 2. The van der Waals surface area contributed by atoms with Crippen LogP contribution in [0, 0.1) is 25.2 Å². The third-order valence-corrected chi connectivity index (χ3v) is 10.7. The van der Waals surface area contributed by atoms with E-state index in [-0.39, 0.29) is 72.3 Å². The van der Waals surface area contributed by atoms with E-state index in [1.165, 1.54) is 14.0 Å². The van der Waals surface area contributed by atoms with E-state index in [1.54, 1.807) is 0 Å². The Morgan fingerprint density at radius 3 is 2.49 bits per heavy atom. The number of rotatable bonds is 7. The molecule has 5 atom stereocenters. The van der Waals surface area contributed by atoms with Gasteiger partial charge in [0, 0.05) is 47.3 Å². The normalized spacial score (nSPS) is 23.4. The Labute approximate surface area is 292 Å². The Kier molecular flexibility index (Phi) is 8.75. The Hall–Kier alpha value is -5.00. The molecule has 268 valence electrons. The van der Waals surface area contributed by atoms with Crippen LogP contribution in [0.5, 0.6) is 28.7 Å². The number of likely N-dealkylation sites (N-methyl/N-ethyl adjacent to an activating group) is 1. The molecule has 0 spiro atoms. The molecule has 3 aromatic carbocycles. The minimum absolute atomic E-state index is 0.0146. The van der Waals surface area contributed by atoms with Crippen LogP contribution in [0.15, 0.2) is 36.4 Å². The van der Waals surface area contributed by atoms with Gasteiger partial charge in [0.05, 0.1) is 25.3 Å². The van der Waals surface area contributed by atoms with Gasteiger partial charge in [0.2, 0.25) is 12.7 Å². The molecule has 3 unspecified atom stereocenters. The second kappa shape index (κ2) is 13.0. The third-order valence-electron chi connectivity index (χ3n) is 10.7. The number of piperazine rings is 1. The summed E-state index contributed by atoms with van der Waals surface area (Å²) in [6.07, 6.45) is -4.19. The predicted molar refractivity (Wildman–Crippen MR) is 176 cm³/mol. The molecule has 14 heteroatoms. The number of hydrogen-bond donors (Lipinski definition) is 2. The fourth-order valence-electron chi connectivity index (χ4n) is 8.52. The molecule has 1 amide bonds. The molecule has 4 heterocycles. The topological polar surface area (TPSA) is 134 Å². The van der Waals surface area contributed by atoms with Crippen LogP contribution in [-0.4, -0.2) is 78.6 Å². The second-order valence-electron chi connectivity index (χ2n) is 13.4. The predicted octanol–water partition coefficient (Wildman–Crippen LogP) is 4.73. The highest BCUT2D eigenvalue weighted by Gasteiger charge is 2.57. The van der Waals surface area contributed by atoms with Gasteiger partial charge in [-0.15, -0.1) is 0 Å². The van der Waals surface area contributed by atoms with Gasteiger partial charge in [-0.25, -0.2) is 4.79 Å². The average molecular weight is 707 g/mol. The summed E-state index contributed by atoms with van der Waals surface area (Å²) in [6, 6.07) is 10.8. The van der Waals surface area contributed by atoms with Crippen LogP contribution in [0.4, 0.5) is 13.2 Å². The number of nitrogens with one attached hydrogen (secondary N) is 1. The summed E-state index contributed by atoms with van der Waals surface area (Å²) in [5.74, 6) is -2.33. The minimum atomic E-state index is -5.28. The number of ether oxygens (including phenoxy) is 4. The molecule has 0 radical (unpaired) electrons. The number of fused-ring (bicyclic) bond motifs is 9. The lowest BCUT2D eigenvalue weighted by atomic mass is 9.71. The number of aromatic hydroxyl groups is 1. The maximum atomic E-state index is 13.7.